The van der Waals surface area contributed by atoms with Crippen LogP contribution in [-0.2, 0) is 4.52 Å². The predicted octanol–water partition coefficient (Wildman–Crippen LogP) is -0.520. The highest BCUT2D eigenvalue weighted by Gasteiger charge is 1.86. The van der Waals surface area contributed by atoms with Crippen molar-refractivity contribution in [3.63, 3.8) is 0 Å². The van der Waals surface area contributed by atoms with Gasteiger partial charge >= 0.3 is 8.60 Å². The second-order valence-corrected chi connectivity index (χ2v) is 1.44. The van der Waals surface area contributed by atoms with Crippen LogP contribution in [0.5, 0.6) is 0 Å². The fraction of sp³-hybridized carbons (Fsp3) is 0.500. The Labute approximate surface area is 50.1 Å². The minimum absolute atomic E-state index is 1.23. The summed E-state index contributed by atoms with van der Waals surface area (Å²) in [6.45, 7) is 0. The number of nitrogens with zero attached hydrogens (tertiary/aromatic N) is 1. The van der Waals surface area contributed by atoms with E-state index in [9.17, 15) is 0 Å². The lowest BCUT2D eigenvalue weighted by Crippen LogP contribution is -1.67. The highest BCUT2D eigenvalue weighted by molar-refractivity contribution is 7.39. The van der Waals surface area contributed by atoms with Gasteiger partial charge in [-0.3, -0.25) is 0 Å². The van der Waals surface area contributed by atoms with Crippen molar-refractivity contribution in [1.29, 1.82) is 5.26 Å². The second kappa shape index (κ2) is 9.98. The first-order valence-electron chi connectivity index (χ1n) is 1.50. The molecule has 0 aromatic rings. The van der Waals surface area contributed by atoms with E-state index in [0.717, 1.165) is 0 Å². The predicted molar refractivity (Wildman–Crippen MR) is 29.7 cm³/mol. The maximum atomic E-state index is 7.76. The van der Waals surface area contributed by atoms with E-state index >= 15 is 0 Å². The van der Waals surface area contributed by atoms with Crippen LogP contribution in [0.15, 0.2) is 0 Å². The lowest BCUT2D eigenvalue weighted by molar-refractivity contribution is 0.310. The Kier molecular flexibility index (Phi) is 13.4. The largest absolute Gasteiger partial charge is 0.328 e. The van der Waals surface area contributed by atoms with Crippen molar-refractivity contribution >= 4 is 16.4 Å². The molecule has 6 heteroatoms. The molecule has 0 fully saturated rings. The standard InChI is InChI=1S/CBN.CH5O3P/c2-1-3;1-4-5(2)3/h;2-3H,1H3. The number of hydrogen-bond acceptors (Lipinski definition) is 4. The van der Waals surface area contributed by atoms with Crippen molar-refractivity contribution in [2.45, 2.75) is 0 Å². The van der Waals surface area contributed by atoms with Crippen molar-refractivity contribution in [3.05, 3.63) is 0 Å². The van der Waals surface area contributed by atoms with Crippen LogP contribution in [0.25, 0.3) is 0 Å². The van der Waals surface area contributed by atoms with Crippen molar-refractivity contribution in [3.8, 4) is 5.97 Å². The molecule has 0 saturated heterocycles. The maximum Gasteiger partial charge on any atom is 0.326 e. The molecule has 0 aromatic heterocycles. The third-order valence-electron chi connectivity index (χ3n) is 0.163. The van der Waals surface area contributed by atoms with Gasteiger partial charge in [0.25, 0.3) is 0 Å². The quantitative estimate of drug-likeness (QED) is 0.372. The summed E-state index contributed by atoms with van der Waals surface area (Å²) in [5, 5.41) is 7.10. The SMILES string of the molecule is COP(O)O.[B]C#N. The van der Waals surface area contributed by atoms with Gasteiger partial charge in [-0.1, -0.05) is 0 Å². The zero-order valence-electron chi connectivity index (χ0n) is 4.27. The van der Waals surface area contributed by atoms with E-state index in [2.05, 4.69) is 12.4 Å². The molecule has 0 unspecified atom stereocenters. The van der Waals surface area contributed by atoms with Crippen molar-refractivity contribution in [1.82, 2.24) is 0 Å². The molecule has 44 valence electrons. The minimum atomic E-state index is -2.10. The summed E-state index contributed by atoms with van der Waals surface area (Å²) < 4.78 is 3.93. The molecule has 0 amide bonds. The second-order valence-electron chi connectivity index (χ2n) is 0.564. The first-order chi connectivity index (χ1) is 3.68. The molecule has 0 heterocycles. The van der Waals surface area contributed by atoms with Gasteiger partial charge < -0.3 is 14.3 Å². The Bertz CT molecular complexity index is 72.2. The molecule has 0 aliphatic heterocycles. The van der Waals surface area contributed by atoms with Gasteiger partial charge in [0.15, 0.2) is 0 Å². The molecule has 8 heavy (non-hydrogen) atoms. The summed E-state index contributed by atoms with van der Waals surface area (Å²) in [6.07, 6.45) is 0. The van der Waals surface area contributed by atoms with Gasteiger partial charge in [0.05, 0.1) is 0 Å². The first kappa shape index (κ1) is 10.8. The van der Waals surface area contributed by atoms with E-state index in [0.29, 0.717) is 0 Å². The van der Waals surface area contributed by atoms with E-state index in [1.165, 1.54) is 13.1 Å². The smallest absolute Gasteiger partial charge is 0.326 e. The van der Waals surface area contributed by atoms with Crippen LogP contribution in [0.1, 0.15) is 0 Å². The molecular formula is C2H5BNO3P. The highest BCUT2D eigenvalue weighted by Crippen LogP contribution is 2.20. The van der Waals surface area contributed by atoms with Gasteiger partial charge in [-0.05, 0) is 5.97 Å². The van der Waals surface area contributed by atoms with Crippen LogP contribution >= 0.6 is 8.60 Å². The fourth-order valence-corrected chi connectivity index (χ4v) is 0. The molecule has 0 spiro atoms. The fourth-order valence-electron chi connectivity index (χ4n) is 0. The molecule has 0 saturated carbocycles. The summed E-state index contributed by atoms with van der Waals surface area (Å²) in [4.78, 5) is 15.5. The van der Waals surface area contributed by atoms with Gasteiger partial charge in [0.1, 0.15) is 0 Å². The number of nitriles is 1. The van der Waals surface area contributed by atoms with E-state index in [4.69, 9.17) is 15.0 Å². The normalized spacial score (nSPS) is 6.88. The third-order valence-corrected chi connectivity index (χ3v) is 0.490. The third kappa shape index (κ3) is 39.9. The highest BCUT2D eigenvalue weighted by atomic mass is 31.2. The van der Waals surface area contributed by atoms with Crippen LogP contribution in [0, 0.1) is 11.2 Å². The lowest BCUT2D eigenvalue weighted by Gasteiger charge is -1.89. The van der Waals surface area contributed by atoms with Crippen LogP contribution in [0.3, 0.4) is 0 Å². The summed E-state index contributed by atoms with van der Waals surface area (Å²) in [5.74, 6) is 1.25. The van der Waals surface area contributed by atoms with E-state index in [1.54, 1.807) is 0 Å². The van der Waals surface area contributed by atoms with Gasteiger partial charge in [-0.25, -0.2) is 5.26 Å². The molecule has 0 rings (SSSR count). The van der Waals surface area contributed by atoms with E-state index in [1.807, 2.05) is 0 Å². The maximum absolute atomic E-state index is 7.76. The molecule has 4 nitrogen and oxygen atoms in total. The van der Waals surface area contributed by atoms with Crippen LogP contribution in [0.4, 0.5) is 0 Å². The molecule has 0 aliphatic rings. The average Bonchev–Trinajstić information content (AvgIpc) is 1.69. The number of hydrogen-bond donors (Lipinski definition) is 2. The Morgan fingerprint density at radius 1 is 1.75 bits per heavy atom. The molecule has 2 radical (unpaired) electrons. The molecular weight excluding hydrogens is 128 g/mol. The van der Waals surface area contributed by atoms with Gasteiger partial charge in [-0.15, -0.1) is 0 Å². The Balaban J connectivity index is 0. The Morgan fingerprint density at radius 2 is 1.88 bits per heavy atom. The van der Waals surface area contributed by atoms with E-state index in [-0.39, 0.29) is 0 Å². The number of rotatable bonds is 1. The summed E-state index contributed by atoms with van der Waals surface area (Å²) in [7, 11) is 3.28. The average molecular weight is 133 g/mol. The van der Waals surface area contributed by atoms with Gasteiger partial charge in [-0.2, -0.15) is 0 Å². The zero-order valence-corrected chi connectivity index (χ0v) is 5.17. The van der Waals surface area contributed by atoms with Gasteiger partial charge in [0.2, 0.25) is 7.85 Å². The topological polar surface area (TPSA) is 73.5 Å². The Morgan fingerprint density at radius 3 is 1.88 bits per heavy atom. The van der Waals surface area contributed by atoms with Crippen molar-refractivity contribution in [2.75, 3.05) is 7.11 Å². The monoisotopic (exact) mass is 133 g/mol. The summed E-state index contributed by atoms with van der Waals surface area (Å²) in [6, 6.07) is 0. The summed E-state index contributed by atoms with van der Waals surface area (Å²) in [5.41, 5.74) is 0. The van der Waals surface area contributed by atoms with Crippen molar-refractivity contribution in [2.24, 2.45) is 0 Å². The molecule has 0 aliphatic carbocycles. The van der Waals surface area contributed by atoms with Crippen LogP contribution in [-0.4, -0.2) is 24.7 Å². The molecule has 0 aromatic carbocycles. The first-order valence-corrected chi connectivity index (χ1v) is 2.67. The molecule has 0 atom stereocenters. The summed E-state index contributed by atoms with van der Waals surface area (Å²) >= 11 is 0. The van der Waals surface area contributed by atoms with Crippen molar-refractivity contribution < 1.29 is 14.3 Å². The minimum Gasteiger partial charge on any atom is -0.328 e. The van der Waals surface area contributed by atoms with Crippen LogP contribution in [0.2, 0.25) is 0 Å². The molecule has 2 N–H and O–H groups in total. The lowest BCUT2D eigenvalue weighted by atomic mass is 10.2. The molecule has 0 bridgehead atoms. The van der Waals surface area contributed by atoms with E-state index < -0.39 is 8.60 Å². The Hall–Kier alpha value is -0.135. The van der Waals surface area contributed by atoms with Crippen LogP contribution < -0.4 is 0 Å². The zero-order chi connectivity index (χ0) is 6.99. The van der Waals surface area contributed by atoms with Gasteiger partial charge in [0, 0.05) is 7.11 Å².